The molecule has 174 valence electrons. The number of amides is 1. The highest BCUT2D eigenvalue weighted by molar-refractivity contribution is 14.1. The molecule has 0 heterocycles. The Morgan fingerprint density at radius 3 is 2.50 bits per heavy atom. The average Bonchev–Trinajstić information content (AvgIpc) is 2.77. The molecule has 0 aliphatic heterocycles. The Hall–Kier alpha value is -2.46. The first-order valence-corrected chi connectivity index (χ1v) is 10.1. The van der Waals surface area contributed by atoms with Gasteiger partial charge in [-0.15, -0.1) is 0 Å². The number of benzene rings is 2. The highest BCUT2D eigenvalue weighted by atomic mass is 127. The highest BCUT2D eigenvalue weighted by Crippen LogP contribution is 2.30. The predicted molar refractivity (Wildman–Crippen MR) is 116 cm³/mol. The predicted octanol–water partition coefficient (Wildman–Crippen LogP) is 1.81. The molecule has 5 N–H and O–H groups in total. The number of oxime groups is 1. The Morgan fingerprint density at radius 1 is 1.16 bits per heavy atom. The number of nitrogens with zero attached hydrogens (tertiary/aromatic N) is 1. The van der Waals surface area contributed by atoms with E-state index >= 15 is 0 Å². The standard InChI is InChI=1S/C19H19F3IN3O6/c20-14-6-11(23)1-2-15(14)25-18-13(19(30)26-31-4-3-27)5-10(16(21)17(18)22)7-24-32-12(8-28)9-29/h1-2,5-7,12,25,27-29H,3-4,8-9H2,(H,26,30)/b24-7+. The summed E-state index contributed by atoms with van der Waals surface area (Å²) >= 11 is 1.87. The van der Waals surface area contributed by atoms with Gasteiger partial charge in [0.25, 0.3) is 5.91 Å². The number of nitrogens with one attached hydrogen (secondary N) is 2. The molecule has 2 rings (SSSR count). The molecule has 9 nitrogen and oxygen atoms in total. The summed E-state index contributed by atoms with van der Waals surface area (Å²) in [6, 6.07) is 4.86. The first-order chi connectivity index (χ1) is 15.3. The number of rotatable bonds is 11. The van der Waals surface area contributed by atoms with Crippen LogP contribution in [0.3, 0.4) is 0 Å². The van der Waals surface area contributed by atoms with E-state index in [0.717, 1.165) is 18.3 Å². The van der Waals surface area contributed by atoms with Gasteiger partial charge in [-0.05, 0) is 46.9 Å². The van der Waals surface area contributed by atoms with Crippen molar-refractivity contribution in [2.75, 3.05) is 31.7 Å². The molecule has 0 saturated carbocycles. The highest BCUT2D eigenvalue weighted by Gasteiger charge is 2.23. The first-order valence-electron chi connectivity index (χ1n) is 9.00. The van der Waals surface area contributed by atoms with Crippen molar-refractivity contribution >= 4 is 46.1 Å². The summed E-state index contributed by atoms with van der Waals surface area (Å²) in [7, 11) is 0. The van der Waals surface area contributed by atoms with Crippen LogP contribution < -0.4 is 10.8 Å². The smallest absolute Gasteiger partial charge is 0.277 e. The maximum atomic E-state index is 14.9. The minimum Gasteiger partial charge on any atom is -0.394 e. The van der Waals surface area contributed by atoms with Gasteiger partial charge in [0, 0.05) is 9.13 Å². The van der Waals surface area contributed by atoms with Gasteiger partial charge >= 0.3 is 0 Å². The van der Waals surface area contributed by atoms with Crippen LogP contribution in [0.15, 0.2) is 29.4 Å². The van der Waals surface area contributed by atoms with Crippen LogP contribution in [-0.2, 0) is 9.68 Å². The molecule has 0 aliphatic rings. The molecule has 0 unspecified atom stereocenters. The van der Waals surface area contributed by atoms with E-state index in [2.05, 4.69) is 10.5 Å². The number of carbonyl (C=O) groups is 1. The van der Waals surface area contributed by atoms with Crippen LogP contribution in [0.1, 0.15) is 15.9 Å². The van der Waals surface area contributed by atoms with Crippen molar-refractivity contribution in [1.82, 2.24) is 5.48 Å². The second-order valence-corrected chi connectivity index (χ2v) is 7.34. The van der Waals surface area contributed by atoms with Gasteiger partial charge in [-0.25, -0.2) is 18.7 Å². The minimum atomic E-state index is -1.51. The van der Waals surface area contributed by atoms with Crippen molar-refractivity contribution in [3.05, 3.63) is 56.4 Å². The van der Waals surface area contributed by atoms with Crippen LogP contribution >= 0.6 is 22.6 Å². The Labute approximate surface area is 193 Å². The summed E-state index contributed by atoms with van der Waals surface area (Å²) < 4.78 is 44.3. The van der Waals surface area contributed by atoms with E-state index in [1.807, 2.05) is 28.1 Å². The lowest BCUT2D eigenvalue weighted by molar-refractivity contribution is -0.0163. The van der Waals surface area contributed by atoms with Gasteiger partial charge in [-0.1, -0.05) is 5.16 Å². The zero-order valence-electron chi connectivity index (χ0n) is 16.3. The molecular weight excluding hydrogens is 550 g/mol. The molecule has 0 bridgehead atoms. The van der Waals surface area contributed by atoms with Crippen LogP contribution in [0.25, 0.3) is 0 Å². The summed E-state index contributed by atoms with van der Waals surface area (Å²) in [6.45, 7) is -1.84. The number of hydrogen-bond donors (Lipinski definition) is 5. The maximum Gasteiger partial charge on any atom is 0.277 e. The topological polar surface area (TPSA) is 133 Å². The molecule has 2 aromatic rings. The van der Waals surface area contributed by atoms with E-state index in [9.17, 15) is 18.0 Å². The van der Waals surface area contributed by atoms with Crippen LogP contribution in [-0.4, -0.2) is 60.0 Å². The Bertz CT molecular complexity index is 976. The zero-order valence-corrected chi connectivity index (χ0v) is 18.5. The van der Waals surface area contributed by atoms with Crippen LogP contribution in [0.2, 0.25) is 0 Å². The van der Waals surface area contributed by atoms with Crippen molar-refractivity contribution in [2.45, 2.75) is 6.10 Å². The van der Waals surface area contributed by atoms with Crippen LogP contribution in [0, 0.1) is 21.0 Å². The number of hydrogen-bond acceptors (Lipinski definition) is 8. The molecule has 0 fully saturated rings. The fourth-order valence-electron chi connectivity index (χ4n) is 2.28. The van der Waals surface area contributed by atoms with E-state index < -0.39 is 66.1 Å². The molecule has 0 atom stereocenters. The molecule has 0 saturated heterocycles. The van der Waals surface area contributed by atoms with Gasteiger partial charge < -0.3 is 25.5 Å². The molecule has 0 aliphatic carbocycles. The number of aliphatic hydroxyl groups excluding tert-OH is 3. The number of aliphatic hydroxyl groups is 3. The normalized spacial score (nSPS) is 11.2. The summed E-state index contributed by atoms with van der Waals surface area (Å²) in [5, 5.41) is 32.4. The van der Waals surface area contributed by atoms with E-state index in [0.29, 0.717) is 3.57 Å². The van der Waals surface area contributed by atoms with Gasteiger partial charge in [0.1, 0.15) is 5.82 Å². The molecule has 32 heavy (non-hydrogen) atoms. The third-order valence-electron chi connectivity index (χ3n) is 3.84. The fraction of sp³-hybridized carbons (Fsp3) is 0.263. The molecular formula is C19H19F3IN3O6. The third kappa shape index (κ3) is 6.77. The molecule has 0 aromatic heterocycles. The van der Waals surface area contributed by atoms with Crippen molar-refractivity contribution in [3.63, 3.8) is 0 Å². The Morgan fingerprint density at radius 2 is 1.88 bits per heavy atom. The van der Waals surface area contributed by atoms with E-state index in [-0.39, 0.29) is 12.3 Å². The summed E-state index contributed by atoms with van der Waals surface area (Å²) in [5.74, 6) is -4.73. The van der Waals surface area contributed by atoms with Crippen molar-refractivity contribution in [1.29, 1.82) is 0 Å². The molecule has 0 radical (unpaired) electrons. The number of hydroxylamine groups is 1. The largest absolute Gasteiger partial charge is 0.394 e. The minimum absolute atomic E-state index is 0.215. The van der Waals surface area contributed by atoms with Gasteiger partial charge in [0.15, 0.2) is 17.7 Å². The van der Waals surface area contributed by atoms with Gasteiger partial charge in [0.05, 0.1) is 49.6 Å². The zero-order chi connectivity index (χ0) is 23.7. The van der Waals surface area contributed by atoms with Crippen molar-refractivity contribution in [3.8, 4) is 0 Å². The van der Waals surface area contributed by atoms with Gasteiger partial charge in [0.2, 0.25) is 0 Å². The molecule has 0 spiro atoms. The Balaban J connectivity index is 2.47. The molecule has 1 amide bonds. The summed E-state index contributed by atoms with van der Waals surface area (Å²) in [6.07, 6.45) is -0.351. The third-order valence-corrected chi connectivity index (χ3v) is 4.51. The summed E-state index contributed by atoms with van der Waals surface area (Å²) in [4.78, 5) is 21.9. The summed E-state index contributed by atoms with van der Waals surface area (Å²) in [5.41, 5.74) is 0.0783. The average molecular weight is 569 g/mol. The molecule has 13 heteroatoms. The van der Waals surface area contributed by atoms with E-state index in [1.54, 1.807) is 0 Å². The van der Waals surface area contributed by atoms with Crippen LogP contribution in [0.4, 0.5) is 24.5 Å². The lowest BCUT2D eigenvalue weighted by Gasteiger charge is -2.16. The Kier molecular flexibility index (Phi) is 10.1. The van der Waals surface area contributed by atoms with Crippen LogP contribution in [0.5, 0.6) is 0 Å². The lowest BCUT2D eigenvalue weighted by atomic mass is 10.1. The number of anilines is 2. The van der Waals surface area contributed by atoms with E-state index in [4.69, 9.17) is 25.0 Å². The lowest BCUT2D eigenvalue weighted by Crippen LogP contribution is -2.26. The second-order valence-electron chi connectivity index (χ2n) is 6.10. The number of carbonyl (C=O) groups excluding carboxylic acids is 1. The quantitative estimate of drug-likeness (QED) is 0.121. The number of halogens is 4. The second kappa shape index (κ2) is 12.5. The SMILES string of the molecule is O=C(NOCCO)c1cc(/C=N/OC(CO)CO)c(F)c(F)c1Nc1ccc(I)cc1F. The molecule has 2 aromatic carbocycles. The van der Waals surface area contributed by atoms with Gasteiger partial charge in [-0.3, -0.25) is 9.63 Å². The van der Waals surface area contributed by atoms with Crippen molar-refractivity contribution < 1.29 is 43.0 Å². The fourth-order valence-corrected chi connectivity index (χ4v) is 2.73. The maximum absolute atomic E-state index is 14.9. The van der Waals surface area contributed by atoms with Crippen molar-refractivity contribution in [2.24, 2.45) is 5.16 Å². The van der Waals surface area contributed by atoms with Gasteiger partial charge in [-0.2, -0.15) is 0 Å². The monoisotopic (exact) mass is 569 g/mol. The first kappa shape index (κ1) is 25.8. The van der Waals surface area contributed by atoms with E-state index in [1.165, 1.54) is 12.1 Å².